The number of unbranched alkanes of at least 4 members (excludes halogenated alkanes) is 2. The second kappa shape index (κ2) is 8.47. The molecule has 0 unspecified atom stereocenters. The molecule has 6 heteroatoms. The Balaban J connectivity index is 2.66. The van der Waals surface area contributed by atoms with Crippen LogP contribution in [0.15, 0.2) is 16.9 Å². The first kappa shape index (κ1) is 16.4. The van der Waals surface area contributed by atoms with Gasteiger partial charge < -0.3 is 10.0 Å². The lowest BCUT2D eigenvalue weighted by Gasteiger charge is -2.16. The predicted molar refractivity (Wildman–Crippen MR) is 76.7 cm³/mol. The summed E-state index contributed by atoms with van der Waals surface area (Å²) in [6.07, 6.45) is 3.28. The highest BCUT2D eigenvalue weighted by Gasteiger charge is 2.14. The molecule has 112 valence electrons. The van der Waals surface area contributed by atoms with Crippen molar-refractivity contribution in [3.05, 3.63) is 28.2 Å². The maximum atomic E-state index is 12.2. The van der Waals surface area contributed by atoms with E-state index in [1.165, 1.54) is 16.8 Å². The lowest BCUT2D eigenvalue weighted by atomic mass is 10.2. The van der Waals surface area contributed by atoms with E-state index >= 15 is 0 Å². The number of aliphatic hydroxyl groups excluding tert-OH is 1. The molecule has 1 aromatic heterocycles. The molecule has 1 N–H and O–H groups in total. The Bertz CT molecular complexity index is 485. The summed E-state index contributed by atoms with van der Waals surface area (Å²) in [5.41, 5.74) is 0.108. The SMILES string of the molecule is CCCn1nc(C(=O)N(C)CCCCCO)ccc1=O. The fourth-order valence-corrected chi connectivity index (χ4v) is 1.87. The van der Waals surface area contributed by atoms with Crippen LogP contribution in [0, 0.1) is 0 Å². The van der Waals surface area contributed by atoms with Gasteiger partial charge in [-0.05, 0) is 31.7 Å². The van der Waals surface area contributed by atoms with Crippen LogP contribution in [-0.2, 0) is 6.54 Å². The van der Waals surface area contributed by atoms with Gasteiger partial charge in [-0.2, -0.15) is 5.10 Å². The first-order valence-corrected chi connectivity index (χ1v) is 7.04. The van der Waals surface area contributed by atoms with Gasteiger partial charge in [0.15, 0.2) is 0 Å². The molecule has 0 aliphatic carbocycles. The summed E-state index contributed by atoms with van der Waals surface area (Å²) in [6.45, 7) is 3.27. The first-order chi connectivity index (χ1) is 9.60. The Labute approximate surface area is 119 Å². The predicted octanol–water partition coefficient (Wildman–Crippen LogP) is 0.888. The number of hydrogen-bond acceptors (Lipinski definition) is 4. The van der Waals surface area contributed by atoms with E-state index in [-0.39, 0.29) is 18.1 Å². The monoisotopic (exact) mass is 281 g/mol. The largest absolute Gasteiger partial charge is 0.396 e. The molecule has 1 amide bonds. The Morgan fingerprint density at radius 3 is 2.75 bits per heavy atom. The van der Waals surface area contributed by atoms with Gasteiger partial charge in [0.05, 0.1) is 0 Å². The summed E-state index contributed by atoms with van der Waals surface area (Å²) >= 11 is 0. The average Bonchev–Trinajstić information content (AvgIpc) is 2.45. The third kappa shape index (κ3) is 4.77. The normalized spacial score (nSPS) is 10.6. The van der Waals surface area contributed by atoms with Crippen molar-refractivity contribution >= 4 is 5.91 Å². The van der Waals surface area contributed by atoms with Crippen molar-refractivity contribution in [2.75, 3.05) is 20.2 Å². The zero-order valence-electron chi connectivity index (χ0n) is 12.2. The van der Waals surface area contributed by atoms with Crippen LogP contribution in [-0.4, -0.2) is 45.9 Å². The maximum absolute atomic E-state index is 12.2. The molecule has 1 heterocycles. The van der Waals surface area contributed by atoms with Crippen LogP contribution in [0.4, 0.5) is 0 Å². The van der Waals surface area contributed by atoms with Crippen molar-refractivity contribution in [1.82, 2.24) is 14.7 Å². The van der Waals surface area contributed by atoms with Crippen LogP contribution in [0.2, 0.25) is 0 Å². The number of amides is 1. The van der Waals surface area contributed by atoms with Crippen molar-refractivity contribution in [2.45, 2.75) is 39.2 Å². The summed E-state index contributed by atoms with van der Waals surface area (Å²) < 4.78 is 1.33. The summed E-state index contributed by atoms with van der Waals surface area (Å²) in [5, 5.41) is 12.8. The van der Waals surface area contributed by atoms with Crippen LogP contribution in [0.3, 0.4) is 0 Å². The molecule has 0 aliphatic rings. The zero-order valence-corrected chi connectivity index (χ0v) is 12.2. The van der Waals surface area contributed by atoms with E-state index in [0.29, 0.717) is 18.8 Å². The van der Waals surface area contributed by atoms with Crippen molar-refractivity contribution in [3.63, 3.8) is 0 Å². The highest BCUT2D eigenvalue weighted by atomic mass is 16.3. The minimum absolute atomic E-state index is 0.182. The molecular weight excluding hydrogens is 258 g/mol. The van der Waals surface area contributed by atoms with Gasteiger partial charge >= 0.3 is 0 Å². The second-order valence-electron chi connectivity index (χ2n) is 4.79. The van der Waals surface area contributed by atoms with E-state index in [1.807, 2.05) is 6.92 Å². The maximum Gasteiger partial charge on any atom is 0.274 e. The van der Waals surface area contributed by atoms with Gasteiger partial charge in [0.1, 0.15) is 5.69 Å². The van der Waals surface area contributed by atoms with Crippen molar-refractivity contribution < 1.29 is 9.90 Å². The fourth-order valence-electron chi connectivity index (χ4n) is 1.87. The summed E-state index contributed by atoms with van der Waals surface area (Å²) in [6, 6.07) is 2.86. The molecular formula is C14H23N3O3. The molecule has 0 atom stereocenters. The van der Waals surface area contributed by atoms with E-state index in [4.69, 9.17) is 5.11 Å². The van der Waals surface area contributed by atoms with Gasteiger partial charge in [0, 0.05) is 32.8 Å². The molecule has 0 bridgehead atoms. The minimum atomic E-state index is -0.186. The molecule has 0 spiro atoms. The molecule has 0 saturated heterocycles. The lowest BCUT2D eigenvalue weighted by Crippen LogP contribution is -2.31. The van der Waals surface area contributed by atoms with Crippen LogP contribution >= 0.6 is 0 Å². The van der Waals surface area contributed by atoms with E-state index in [9.17, 15) is 9.59 Å². The average molecular weight is 281 g/mol. The number of carbonyl (C=O) groups is 1. The first-order valence-electron chi connectivity index (χ1n) is 7.04. The van der Waals surface area contributed by atoms with Crippen LogP contribution in [0.5, 0.6) is 0 Å². The van der Waals surface area contributed by atoms with Crippen molar-refractivity contribution in [3.8, 4) is 0 Å². The van der Waals surface area contributed by atoms with Gasteiger partial charge in [0.25, 0.3) is 11.5 Å². The summed E-state index contributed by atoms with van der Waals surface area (Å²) in [5.74, 6) is -0.182. The molecule has 6 nitrogen and oxygen atoms in total. The highest BCUT2D eigenvalue weighted by Crippen LogP contribution is 2.02. The van der Waals surface area contributed by atoms with Crippen LogP contribution in [0.1, 0.15) is 43.1 Å². The fraction of sp³-hybridized carbons (Fsp3) is 0.643. The van der Waals surface area contributed by atoms with Crippen LogP contribution in [0.25, 0.3) is 0 Å². The van der Waals surface area contributed by atoms with Gasteiger partial charge in [0.2, 0.25) is 0 Å². The van der Waals surface area contributed by atoms with Crippen molar-refractivity contribution in [2.24, 2.45) is 0 Å². The quantitative estimate of drug-likeness (QED) is 0.718. The zero-order chi connectivity index (χ0) is 15.0. The number of aromatic nitrogens is 2. The molecule has 1 aromatic rings. The number of rotatable bonds is 8. The van der Waals surface area contributed by atoms with E-state index in [1.54, 1.807) is 11.9 Å². The number of hydrogen-bond donors (Lipinski definition) is 1. The number of carbonyl (C=O) groups excluding carboxylic acids is 1. The van der Waals surface area contributed by atoms with Crippen LogP contribution < -0.4 is 5.56 Å². The Kier molecular flexibility index (Phi) is 6.93. The van der Waals surface area contributed by atoms with Gasteiger partial charge in [-0.15, -0.1) is 0 Å². The topological polar surface area (TPSA) is 75.4 Å². The third-order valence-corrected chi connectivity index (χ3v) is 3.02. The Morgan fingerprint density at radius 2 is 2.10 bits per heavy atom. The van der Waals surface area contributed by atoms with Crippen molar-refractivity contribution in [1.29, 1.82) is 0 Å². The highest BCUT2D eigenvalue weighted by molar-refractivity contribution is 5.91. The molecule has 1 rings (SSSR count). The van der Waals surface area contributed by atoms with Gasteiger partial charge in [-0.1, -0.05) is 6.92 Å². The standard InChI is InChI=1S/C14H23N3O3/c1-3-9-17-13(19)8-7-12(15-17)14(20)16(2)10-5-4-6-11-18/h7-8,18H,3-6,9-11H2,1-2H3. The number of aliphatic hydroxyl groups is 1. The molecule has 0 aliphatic heterocycles. The molecule has 0 saturated carbocycles. The summed E-state index contributed by atoms with van der Waals surface area (Å²) in [7, 11) is 1.72. The second-order valence-corrected chi connectivity index (χ2v) is 4.79. The van der Waals surface area contributed by atoms with E-state index < -0.39 is 0 Å². The number of nitrogens with zero attached hydrogens (tertiary/aromatic N) is 3. The Hall–Kier alpha value is -1.69. The lowest BCUT2D eigenvalue weighted by molar-refractivity contribution is 0.0783. The van der Waals surface area contributed by atoms with E-state index in [2.05, 4.69) is 5.10 Å². The number of aryl methyl sites for hydroxylation is 1. The van der Waals surface area contributed by atoms with E-state index in [0.717, 1.165) is 25.7 Å². The Morgan fingerprint density at radius 1 is 1.35 bits per heavy atom. The smallest absolute Gasteiger partial charge is 0.274 e. The molecule has 20 heavy (non-hydrogen) atoms. The van der Waals surface area contributed by atoms with Gasteiger partial charge in [-0.3, -0.25) is 9.59 Å². The molecule has 0 fully saturated rings. The minimum Gasteiger partial charge on any atom is -0.396 e. The van der Waals surface area contributed by atoms with Gasteiger partial charge in [-0.25, -0.2) is 4.68 Å². The third-order valence-electron chi connectivity index (χ3n) is 3.02. The molecule has 0 aromatic carbocycles. The summed E-state index contributed by atoms with van der Waals surface area (Å²) in [4.78, 5) is 25.3. The molecule has 0 radical (unpaired) electrons.